The summed E-state index contributed by atoms with van der Waals surface area (Å²) in [5.41, 5.74) is 8.76. The van der Waals surface area contributed by atoms with Crippen molar-refractivity contribution in [3.05, 3.63) is 46.4 Å². The van der Waals surface area contributed by atoms with Crippen LogP contribution in [0.4, 0.5) is 5.69 Å². The summed E-state index contributed by atoms with van der Waals surface area (Å²) >= 11 is 1.78. The van der Waals surface area contributed by atoms with Gasteiger partial charge in [0.25, 0.3) is 0 Å². The van der Waals surface area contributed by atoms with E-state index in [4.69, 9.17) is 10.7 Å². The van der Waals surface area contributed by atoms with E-state index >= 15 is 0 Å². The van der Waals surface area contributed by atoms with Gasteiger partial charge >= 0.3 is 0 Å². The molecule has 0 fully saturated rings. The molecule has 3 nitrogen and oxygen atoms in total. The molecule has 2 aromatic heterocycles. The number of hydrogen-bond acceptors (Lipinski definition) is 3. The summed E-state index contributed by atoms with van der Waals surface area (Å²) in [5.74, 6) is 1.52. The number of imidazole rings is 1. The fourth-order valence-corrected chi connectivity index (χ4v) is 3.02. The highest BCUT2D eigenvalue weighted by Crippen LogP contribution is 2.25. The Labute approximate surface area is 116 Å². The molecular weight excluding hydrogens is 254 g/mol. The summed E-state index contributed by atoms with van der Waals surface area (Å²) in [6, 6.07) is 10.2. The van der Waals surface area contributed by atoms with Crippen molar-refractivity contribution in [2.24, 2.45) is 0 Å². The van der Waals surface area contributed by atoms with Crippen molar-refractivity contribution < 1.29 is 0 Å². The van der Waals surface area contributed by atoms with E-state index in [1.165, 1.54) is 4.88 Å². The number of fused-ring (bicyclic) bond motifs is 1. The van der Waals surface area contributed by atoms with Gasteiger partial charge in [-0.05, 0) is 29.6 Å². The van der Waals surface area contributed by atoms with Crippen LogP contribution < -0.4 is 5.73 Å². The largest absolute Gasteiger partial charge is 0.399 e. The highest BCUT2D eigenvalue weighted by atomic mass is 32.1. The Kier molecular flexibility index (Phi) is 3.03. The molecular formula is C15H17N3S. The fourth-order valence-electron chi connectivity index (χ4n) is 2.33. The zero-order chi connectivity index (χ0) is 13.4. The zero-order valence-electron chi connectivity index (χ0n) is 11.1. The Bertz CT molecular complexity index is 696. The second-order valence-corrected chi connectivity index (χ2v) is 6.07. The fraction of sp³-hybridized carbons (Fsp3) is 0.267. The van der Waals surface area contributed by atoms with Gasteiger partial charge in [-0.15, -0.1) is 11.3 Å². The maximum atomic E-state index is 5.85. The van der Waals surface area contributed by atoms with Gasteiger partial charge in [0.15, 0.2) is 0 Å². The van der Waals surface area contributed by atoms with Crippen LogP contribution in [0, 0.1) is 0 Å². The molecule has 19 heavy (non-hydrogen) atoms. The number of hydrogen-bond donors (Lipinski definition) is 1. The smallest absolute Gasteiger partial charge is 0.112 e. The first-order chi connectivity index (χ1) is 9.15. The van der Waals surface area contributed by atoms with Crippen molar-refractivity contribution in [2.75, 3.05) is 5.73 Å². The molecule has 4 heteroatoms. The van der Waals surface area contributed by atoms with Crippen molar-refractivity contribution in [1.29, 1.82) is 0 Å². The van der Waals surface area contributed by atoms with E-state index in [2.05, 4.69) is 42.0 Å². The minimum Gasteiger partial charge on any atom is -0.399 e. The molecule has 0 aliphatic heterocycles. The lowest BCUT2D eigenvalue weighted by atomic mass is 10.2. The first kappa shape index (κ1) is 12.2. The van der Waals surface area contributed by atoms with E-state index in [1.54, 1.807) is 11.3 Å². The van der Waals surface area contributed by atoms with E-state index in [1.807, 2.05) is 12.1 Å². The molecule has 0 spiro atoms. The molecule has 0 amide bonds. The Morgan fingerprint density at radius 1 is 1.32 bits per heavy atom. The van der Waals surface area contributed by atoms with E-state index in [0.717, 1.165) is 29.1 Å². The van der Waals surface area contributed by atoms with Gasteiger partial charge in [-0.25, -0.2) is 4.98 Å². The molecule has 0 aliphatic carbocycles. The predicted octanol–water partition coefficient (Wildman–Crippen LogP) is 3.85. The quantitative estimate of drug-likeness (QED) is 0.735. The molecule has 0 aliphatic rings. The Morgan fingerprint density at radius 2 is 2.16 bits per heavy atom. The van der Waals surface area contributed by atoms with Crippen LogP contribution in [0.15, 0.2) is 35.7 Å². The molecule has 2 N–H and O–H groups in total. The second-order valence-electron chi connectivity index (χ2n) is 5.04. The molecule has 98 valence electrons. The summed E-state index contributed by atoms with van der Waals surface area (Å²) in [6.45, 7) is 5.23. The Morgan fingerprint density at radius 3 is 2.84 bits per heavy atom. The summed E-state index contributed by atoms with van der Waals surface area (Å²) in [6.07, 6.45) is 0. The first-order valence-electron chi connectivity index (χ1n) is 6.43. The lowest BCUT2D eigenvalue weighted by Crippen LogP contribution is -2.05. The van der Waals surface area contributed by atoms with Crippen LogP contribution in [0.2, 0.25) is 0 Å². The van der Waals surface area contributed by atoms with Gasteiger partial charge in [-0.2, -0.15) is 0 Å². The maximum absolute atomic E-state index is 5.85. The SMILES string of the molecule is CC(C)c1nc2cc(N)ccc2n1Cc1cccs1. The molecule has 2 heterocycles. The van der Waals surface area contributed by atoms with Gasteiger partial charge < -0.3 is 10.3 Å². The third-order valence-corrected chi connectivity index (χ3v) is 4.07. The van der Waals surface area contributed by atoms with Gasteiger partial charge in [-0.3, -0.25) is 0 Å². The van der Waals surface area contributed by atoms with Crippen molar-refractivity contribution in [3.63, 3.8) is 0 Å². The summed E-state index contributed by atoms with van der Waals surface area (Å²) in [5, 5.41) is 2.11. The number of nitrogen functional groups attached to an aromatic ring is 1. The molecule has 0 saturated carbocycles. The highest BCUT2D eigenvalue weighted by Gasteiger charge is 2.14. The third kappa shape index (κ3) is 2.24. The molecule has 0 bridgehead atoms. The molecule has 0 radical (unpaired) electrons. The van der Waals surface area contributed by atoms with Crippen LogP contribution in [0.25, 0.3) is 11.0 Å². The van der Waals surface area contributed by atoms with Gasteiger partial charge in [0.1, 0.15) is 5.82 Å². The van der Waals surface area contributed by atoms with Gasteiger partial charge in [0, 0.05) is 16.5 Å². The van der Waals surface area contributed by atoms with E-state index in [9.17, 15) is 0 Å². The minimum atomic E-state index is 0.397. The van der Waals surface area contributed by atoms with Gasteiger partial charge in [0.05, 0.1) is 17.6 Å². The van der Waals surface area contributed by atoms with Crippen LogP contribution in [0.1, 0.15) is 30.5 Å². The standard InChI is InChI=1S/C15H17N3S/c1-10(2)15-17-13-8-11(16)5-6-14(13)18(15)9-12-4-3-7-19-12/h3-8,10H,9,16H2,1-2H3. The van der Waals surface area contributed by atoms with Crippen molar-refractivity contribution in [2.45, 2.75) is 26.3 Å². The number of anilines is 1. The lowest BCUT2D eigenvalue weighted by molar-refractivity contribution is 0.688. The maximum Gasteiger partial charge on any atom is 0.112 e. The first-order valence-corrected chi connectivity index (χ1v) is 7.31. The van der Waals surface area contributed by atoms with Crippen molar-refractivity contribution >= 4 is 28.1 Å². The second kappa shape index (κ2) is 4.70. The summed E-state index contributed by atoms with van der Waals surface area (Å²) in [7, 11) is 0. The summed E-state index contributed by atoms with van der Waals surface area (Å²) < 4.78 is 2.30. The molecule has 3 aromatic rings. The number of aromatic nitrogens is 2. The van der Waals surface area contributed by atoms with E-state index in [0.29, 0.717) is 5.92 Å². The summed E-state index contributed by atoms with van der Waals surface area (Å²) in [4.78, 5) is 6.09. The Hall–Kier alpha value is -1.81. The number of nitrogens with zero attached hydrogens (tertiary/aromatic N) is 2. The van der Waals surface area contributed by atoms with E-state index in [-0.39, 0.29) is 0 Å². The van der Waals surface area contributed by atoms with E-state index < -0.39 is 0 Å². The van der Waals surface area contributed by atoms with Crippen LogP contribution in [-0.4, -0.2) is 9.55 Å². The third-order valence-electron chi connectivity index (χ3n) is 3.21. The van der Waals surface area contributed by atoms with Crippen LogP contribution in [0.5, 0.6) is 0 Å². The number of rotatable bonds is 3. The molecule has 0 unspecified atom stereocenters. The van der Waals surface area contributed by atoms with Gasteiger partial charge in [-0.1, -0.05) is 19.9 Å². The minimum absolute atomic E-state index is 0.397. The van der Waals surface area contributed by atoms with Crippen LogP contribution in [-0.2, 0) is 6.54 Å². The zero-order valence-corrected chi connectivity index (χ0v) is 11.9. The highest BCUT2D eigenvalue weighted by molar-refractivity contribution is 7.09. The topological polar surface area (TPSA) is 43.8 Å². The lowest BCUT2D eigenvalue weighted by Gasteiger charge is -2.10. The Balaban J connectivity index is 2.16. The average Bonchev–Trinajstić information content (AvgIpc) is 2.97. The predicted molar refractivity (Wildman–Crippen MR) is 81.7 cm³/mol. The molecule has 1 aromatic carbocycles. The van der Waals surface area contributed by atoms with Crippen LogP contribution >= 0.6 is 11.3 Å². The van der Waals surface area contributed by atoms with Gasteiger partial charge in [0.2, 0.25) is 0 Å². The number of nitrogens with two attached hydrogens (primary N) is 1. The van der Waals surface area contributed by atoms with Crippen molar-refractivity contribution in [1.82, 2.24) is 9.55 Å². The molecule has 0 saturated heterocycles. The number of thiophene rings is 1. The molecule has 0 atom stereocenters. The average molecular weight is 271 g/mol. The monoisotopic (exact) mass is 271 g/mol. The van der Waals surface area contributed by atoms with Crippen LogP contribution in [0.3, 0.4) is 0 Å². The van der Waals surface area contributed by atoms with Crippen molar-refractivity contribution in [3.8, 4) is 0 Å². The number of benzene rings is 1. The molecule has 3 rings (SSSR count). The normalized spacial score (nSPS) is 11.5.